The second kappa shape index (κ2) is 3.88. The molecule has 0 radical (unpaired) electrons. The minimum absolute atomic E-state index is 0.230. The smallest absolute Gasteiger partial charge is 0.263 e. The molecule has 1 aromatic carbocycles. The van der Waals surface area contributed by atoms with Crippen LogP contribution in [0.25, 0.3) is 16.6 Å². The van der Waals surface area contributed by atoms with Gasteiger partial charge >= 0.3 is 0 Å². The van der Waals surface area contributed by atoms with Crippen molar-refractivity contribution in [1.29, 1.82) is 0 Å². The van der Waals surface area contributed by atoms with Crippen molar-refractivity contribution >= 4 is 16.7 Å². The van der Waals surface area contributed by atoms with Gasteiger partial charge in [0.2, 0.25) is 0 Å². The summed E-state index contributed by atoms with van der Waals surface area (Å²) in [6.45, 7) is 1.96. The lowest BCUT2D eigenvalue weighted by molar-refractivity contribution is 0.453. The topological polar surface area (TPSA) is 96.9 Å². The van der Waals surface area contributed by atoms with E-state index in [1.54, 1.807) is 0 Å². The van der Waals surface area contributed by atoms with Crippen LogP contribution < -0.4 is 11.3 Å². The molecule has 0 atom stereocenters. The van der Waals surface area contributed by atoms with Gasteiger partial charge in [-0.25, -0.2) is 4.68 Å². The van der Waals surface area contributed by atoms with E-state index in [-0.39, 0.29) is 17.1 Å². The summed E-state index contributed by atoms with van der Waals surface area (Å²) in [5.41, 5.74) is 7.71. The molecule has 0 aliphatic rings. The van der Waals surface area contributed by atoms with E-state index in [9.17, 15) is 9.90 Å². The average Bonchev–Trinajstić information content (AvgIpc) is 2.66. The molecule has 6 nitrogen and oxygen atoms in total. The molecule has 4 N–H and O–H groups in total. The van der Waals surface area contributed by atoms with Crippen molar-refractivity contribution < 1.29 is 5.11 Å². The van der Waals surface area contributed by atoms with E-state index in [0.29, 0.717) is 5.52 Å². The number of hydrogen-bond acceptors (Lipinski definition) is 4. The Morgan fingerprint density at radius 3 is 2.89 bits per heavy atom. The number of nitrogens with zero attached hydrogens (tertiary/aromatic N) is 2. The molecular formula is C13H12N4O2. The third kappa shape index (κ3) is 1.74. The van der Waals surface area contributed by atoms with Crippen molar-refractivity contribution in [2.24, 2.45) is 0 Å². The van der Waals surface area contributed by atoms with Crippen LogP contribution in [0.4, 0.5) is 5.82 Å². The molecule has 0 amide bonds. The maximum atomic E-state index is 11.8. The third-order valence-corrected chi connectivity index (χ3v) is 2.94. The van der Waals surface area contributed by atoms with Gasteiger partial charge in [-0.1, -0.05) is 12.1 Å². The maximum Gasteiger partial charge on any atom is 0.263 e. The maximum absolute atomic E-state index is 11.8. The number of aromatic amines is 1. The normalized spacial score (nSPS) is 11.0. The zero-order chi connectivity index (χ0) is 13.6. The Morgan fingerprint density at radius 1 is 1.37 bits per heavy atom. The fourth-order valence-electron chi connectivity index (χ4n) is 2.08. The van der Waals surface area contributed by atoms with Crippen LogP contribution in [0.3, 0.4) is 0 Å². The molecule has 2 aromatic heterocycles. The Labute approximate surface area is 108 Å². The lowest BCUT2D eigenvalue weighted by Crippen LogP contribution is -2.07. The van der Waals surface area contributed by atoms with Gasteiger partial charge in [-0.3, -0.25) is 9.78 Å². The predicted octanol–water partition coefficient (Wildman–Crippen LogP) is 1.31. The number of hydrogen-bond donors (Lipinski definition) is 3. The second-order valence-corrected chi connectivity index (χ2v) is 4.38. The van der Waals surface area contributed by atoms with Gasteiger partial charge in [0.15, 0.2) is 5.88 Å². The molecule has 96 valence electrons. The average molecular weight is 256 g/mol. The second-order valence-electron chi connectivity index (χ2n) is 4.38. The van der Waals surface area contributed by atoms with Gasteiger partial charge in [-0.05, 0) is 24.6 Å². The van der Waals surface area contributed by atoms with E-state index in [1.807, 2.05) is 31.2 Å². The monoisotopic (exact) mass is 256 g/mol. The summed E-state index contributed by atoms with van der Waals surface area (Å²) in [6, 6.07) is 8.98. The van der Waals surface area contributed by atoms with E-state index in [4.69, 9.17) is 5.73 Å². The van der Waals surface area contributed by atoms with Gasteiger partial charge in [0.05, 0.1) is 5.69 Å². The number of aromatic nitrogens is 3. The molecule has 0 aliphatic heterocycles. The molecule has 0 saturated carbocycles. The van der Waals surface area contributed by atoms with Gasteiger partial charge in [-0.2, -0.15) is 5.10 Å². The number of nitrogen functional groups attached to an aromatic ring is 1. The number of fused-ring (bicyclic) bond motifs is 1. The third-order valence-electron chi connectivity index (χ3n) is 2.94. The lowest BCUT2D eigenvalue weighted by Gasteiger charge is -2.04. The molecule has 3 rings (SSSR count). The van der Waals surface area contributed by atoms with Crippen molar-refractivity contribution in [1.82, 2.24) is 14.8 Å². The number of benzene rings is 1. The number of aryl methyl sites for hydroxylation is 1. The van der Waals surface area contributed by atoms with E-state index in [1.165, 1.54) is 10.7 Å². The van der Waals surface area contributed by atoms with E-state index in [2.05, 4.69) is 10.1 Å². The van der Waals surface area contributed by atoms with Gasteiger partial charge in [0, 0.05) is 6.07 Å². The minimum atomic E-state index is -0.452. The Hall–Kier alpha value is -2.76. The largest absolute Gasteiger partial charge is 0.494 e. The molecule has 2 heterocycles. The molecule has 0 bridgehead atoms. The first-order valence-electron chi connectivity index (χ1n) is 5.74. The van der Waals surface area contributed by atoms with Crippen molar-refractivity contribution in [3.63, 3.8) is 0 Å². The van der Waals surface area contributed by atoms with Gasteiger partial charge < -0.3 is 10.8 Å². The van der Waals surface area contributed by atoms with Crippen LogP contribution in [0.2, 0.25) is 0 Å². The Bertz CT molecular complexity index is 832. The number of nitrogens with one attached hydrogen (secondary N) is 1. The van der Waals surface area contributed by atoms with Crippen molar-refractivity contribution in [3.8, 4) is 11.6 Å². The van der Waals surface area contributed by atoms with E-state index in [0.717, 1.165) is 11.3 Å². The van der Waals surface area contributed by atoms with Crippen LogP contribution in [0.1, 0.15) is 5.56 Å². The van der Waals surface area contributed by atoms with Gasteiger partial charge in [0.25, 0.3) is 5.56 Å². The Kier molecular flexibility index (Phi) is 2.31. The number of rotatable bonds is 1. The van der Waals surface area contributed by atoms with E-state index >= 15 is 0 Å². The molecule has 6 heteroatoms. The lowest BCUT2D eigenvalue weighted by atomic mass is 10.2. The highest BCUT2D eigenvalue weighted by molar-refractivity contribution is 5.89. The predicted molar refractivity (Wildman–Crippen MR) is 72.5 cm³/mol. The van der Waals surface area contributed by atoms with E-state index < -0.39 is 5.56 Å². The summed E-state index contributed by atoms with van der Waals surface area (Å²) in [5, 5.41) is 13.9. The molecule has 0 spiro atoms. The van der Waals surface area contributed by atoms with Crippen LogP contribution in [0, 0.1) is 6.92 Å². The highest BCUT2D eigenvalue weighted by Gasteiger charge is 2.14. The van der Waals surface area contributed by atoms with Crippen molar-refractivity contribution in [3.05, 3.63) is 46.2 Å². The number of H-pyrrole nitrogens is 1. The van der Waals surface area contributed by atoms with Crippen molar-refractivity contribution in [2.75, 3.05) is 5.73 Å². The molecule has 0 saturated heterocycles. The number of aromatic hydroxyl groups is 1. The van der Waals surface area contributed by atoms with Crippen LogP contribution >= 0.6 is 0 Å². The summed E-state index contributed by atoms with van der Waals surface area (Å²) in [4.78, 5) is 14.1. The molecular weight excluding hydrogens is 244 g/mol. The summed E-state index contributed by atoms with van der Waals surface area (Å²) >= 11 is 0. The molecule has 0 fully saturated rings. The zero-order valence-electron chi connectivity index (χ0n) is 10.2. The number of anilines is 1. The van der Waals surface area contributed by atoms with Crippen LogP contribution in [0.5, 0.6) is 5.88 Å². The molecule has 3 aromatic rings. The Balaban J connectivity index is 2.35. The summed E-state index contributed by atoms with van der Waals surface area (Å²) in [5.74, 6) is 0.0215. The highest BCUT2D eigenvalue weighted by Crippen LogP contribution is 2.22. The van der Waals surface area contributed by atoms with Crippen LogP contribution in [0.15, 0.2) is 35.1 Å². The fraction of sp³-hybridized carbons (Fsp3) is 0.0769. The number of pyridine rings is 1. The molecule has 0 aliphatic carbocycles. The summed E-state index contributed by atoms with van der Waals surface area (Å²) in [7, 11) is 0. The van der Waals surface area contributed by atoms with Gasteiger partial charge in [0.1, 0.15) is 16.7 Å². The highest BCUT2D eigenvalue weighted by atomic mass is 16.3. The summed E-state index contributed by atoms with van der Waals surface area (Å²) in [6.07, 6.45) is 0. The first-order chi connectivity index (χ1) is 9.06. The van der Waals surface area contributed by atoms with Crippen LogP contribution in [-0.4, -0.2) is 19.9 Å². The minimum Gasteiger partial charge on any atom is -0.494 e. The summed E-state index contributed by atoms with van der Waals surface area (Å²) < 4.78 is 1.49. The zero-order valence-corrected chi connectivity index (χ0v) is 10.2. The standard InChI is InChI=1S/C13H12N4O2/c1-7-3-2-4-8(5-7)17-12(14)11-9(16-17)6-10(18)15-13(11)19/h2-6,18H,14H2,1H3,(H,15,19). The quantitative estimate of drug-likeness (QED) is 0.611. The van der Waals surface area contributed by atoms with Crippen LogP contribution in [-0.2, 0) is 0 Å². The molecule has 0 unspecified atom stereocenters. The fourth-order valence-corrected chi connectivity index (χ4v) is 2.08. The SMILES string of the molecule is Cc1cccc(-n2nc3cc(O)[nH]c(=O)c3c2N)c1. The van der Waals surface area contributed by atoms with Gasteiger partial charge in [-0.15, -0.1) is 0 Å². The first kappa shape index (κ1) is 11.3. The number of nitrogens with two attached hydrogens (primary N) is 1. The first-order valence-corrected chi connectivity index (χ1v) is 5.74. The Morgan fingerprint density at radius 2 is 2.16 bits per heavy atom. The van der Waals surface area contributed by atoms with Crippen molar-refractivity contribution in [2.45, 2.75) is 6.92 Å². The molecule has 19 heavy (non-hydrogen) atoms.